The Bertz CT molecular complexity index is 1080. The van der Waals surface area contributed by atoms with Gasteiger partial charge in [0.15, 0.2) is 0 Å². The number of phenols is 1. The molecular weight excluding hydrogens is 372 g/mol. The van der Waals surface area contributed by atoms with Crippen LogP contribution in [0, 0.1) is 0 Å². The van der Waals surface area contributed by atoms with E-state index in [0.29, 0.717) is 0 Å². The maximum absolute atomic E-state index is 9.55. The zero-order valence-corrected chi connectivity index (χ0v) is 16.6. The monoisotopic (exact) mass is 396 g/mol. The number of hydrogen-bond acceptors (Lipinski definition) is 3. The van der Waals surface area contributed by atoms with Gasteiger partial charge in [-0.2, -0.15) is 0 Å². The number of nitrogens with zero attached hydrogens (tertiary/aromatic N) is 4. The molecule has 28 heavy (non-hydrogen) atoms. The van der Waals surface area contributed by atoms with Crippen molar-refractivity contribution in [2.75, 3.05) is 19.6 Å². The van der Waals surface area contributed by atoms with E-state index in [9.17, 15) is 5.11 Å². The predicted molar refractivity (Wildman–Crippen MR) is 115 cm³/mol. The van der Waals surface area contributed by atoms with Crippen LogP contribution < -0.4 is 0 Å². The number of rotatable bonds is 4. The molecule has 0 aliphatic carbocycles. The number of likely N-dealkylation sites (tertiary alicyclic amines) is 1. The smallest absolute Gasteiger partial charge is 0.215 e. The van der Waals surface area contributed by atoms with Crippen LogP contribution in [0.5, 0.6) is 5.75 Å². The van der Waals surface area contributed by atoms with Crippen LogP contribution in [-0.4, -0.2) is 43.6 Å². The number of hydrogen-bond donors (Lipinski definition) is 1. The first-order valence-electron chi connectivity index (χ1n) is 9.78. The molecule has 146 valence electrons. The fourth-order valence-electron chi connectivity index (χ4n) is 4.16. The summed E-state index contributed by atoms with van der Waals surface area (Å²) in [6.07, 6.45) is 6.09. The molecule has 0 radical (unpaired) electrons. The maximum Gasteiger partial charge on any atom is 0.215 e. The molecule has 5 rings (SSSR count). The molecule has 0 spiro atoms. The molecule has 2 aromatic carbocycles. The van der Waals surface area contributed by atoms with Crippen molar-refractivity contribution in [3.8, 4) is 17.0 Å². The highest BCUT2D eigenvalue weighted by Crippen LogP contribution is 2.26. The van der Waals surface area contributed by atoms with Crippen LogP contribution in [-0.2, 0) is 6.54 Å². The summed E-state index contributed by atoms with van der Waals surface area (Å²) in [4.78, 5) is 7.51. The number of aromatic hydroxyl groups is 1. The molecule has 1 aliphatic heterocycles. The van der Waals surface area contributed by atoms with Gasteiger partial charge in [0, 0.05) is 24.8 Å². The van der Waals surface area contributed by atoms with Gasteiger partial charge in [0.2, 0.25) is 5.78 Å². The van der Waals surface area contributed by atoms with E-state index in [-0.39, 0.29) is 18.2 Å². The highest BCUT2D eigenvalue weighted by atomic mass is 35.5. The predicted octanol–water partition coefficient (Wildman–Crippen LogP) is 4.57. The number of para-hydroxylation sites is 2. The third-order valence-corrected chi connectivity index (χ3v) is 5.61. The van der Waals surface area contributed by atoms with Crippen LogP contribution in [0.25, 0.3) is 28.1 Å². The fourth-order valence-corrected chi connectivity index (χ4v) is 4.16. The van der Waals surface area contributed by atoms with E-state index in [4.69, 9.17) is 4.98 Å². The van der Waals surface area contributed by atoms with Crippen molar-refractivity contribution >= 4 is 29.2 Å². The molecule has 0 amide bonds. The first-order chi connectivity index (χ1) is 13.3. The lowest BCUT2D eigenvalue weighted by Crippen LogP contribution is -2.32. The van der Waals surface area contributed by atoms with Crippen molar-refractivity contribution in [2.24, 2.45) is 0 Å². The van der Waals surface area contributed by atoms with E-state index >= 15 is 0 Å². The Hall–Kier alpha value is -2.50. The number of aromatic nitrogens is 3. The first kappa shape index (κ1) is 18.8. The van der Waals surface area contributed by atoms with Crippen LogP contribution in [0.2, 0.25) is 0 Å². The molecule has 1 N–H and O–H groups in total. The molecule has 3 heterocycles. The van der Waals surface area contributed by atoms with E-state index in [1.54, 1.807) is 12.1 Å². The quantitative estimate of drug-likeness (QED) is 0.549. The highest BCUT2D eigenvalue weighted by molar-refractivity contribution is 5.85. The minimum absolute atomic E-state index is 0. The Morgan fingerprint density at radius 3 is 2.32 bits per heavy atom. The zero-order chi connectivity index (χ0) is 18.2. The largest absolute Gasteiger partial charge is 0.508 e. The van der Waals surface area contributed by atoms with Gasteiger partial charge in [-0.1, -0.05) is 18.6 Å². The Morgan fingerprint density at radius 2 is 1.57 bits per heavy atom. The lowest BCUT2D eigenvalue weighted by atomic mass is 10.1. The van der Waals surface area contributed by atoms with Crippen molar-refractivity contribution in [1.29, 1.82) is 0 Å². The van der Waals surface area contributed by atoms with Crippen molar-refractivity contribution < 1.29 is 5.11 Å². The van der Waals surface area contributed by atoms with Crippen molar-refractivity contribution in [1.82, 2.24) is 18.9 Å². The second kappa shape index (κ2) is 7.86. The topological polar surface area (TPSA) is 45.7 Å². The molecule has 1 fully saturated rings. The summed E-state index contributed by atoms with van der Waals surface area (Å²) in [5.41, 5.74) is 4.36. The molecule has 1 saturated heterocycles. The second-order valence-electron chi connectivity index (χ2n) is 7.39. The van der Waals surface area contributed by atoms with Crippen LogP contribution in [0.3, 0.4) is 0 Å². The number of piperidine rings is 1. The lowest BCUT2D eigenvalue weighted by Gasteiger charge is -2.26. The fraction of sp³-hybridized carbons (Fsp3) is 0.318. The van der Waals surface area contributed by atoms with Crippen molar-refractivity contribution in [2.45, 2.75) is 25.8 Å². The summed E-state index contributed by atoms with van der Waals surface area (Å²) in [5, 5.41) is 9.55. The van der Waals surface area contributed by atoms with Crippen molar-refractivity contribution in [3.05, 3.63) is 54.7 Å². The molecule has 0 atom stereocenters. The van der Waals surface area contributed by atoms with Gasteiger partial charge in [0.1, 0.15) is 5.75 Å². The van der Waals surface area contributed by atoms with Gasteiger partial charge in [0.05, 0.1) is 16.7 Å². The molecule has 1 aliphatic rings. The van der Waals surface area contributed by atoms with E-state index < -0.39 is 0 Å². The molecule has 4 aromatic rings. The second-order valence-corrected chi connectivity index (χ2v) is 7.39. The number of fused-ring (bicyclic) bond motifs is 3. The Balaban J connectivity index is 0.00000192. The molecule has 6 heteroatoms. The number of benzene rings is 2. The molecule has 0 bridgehead atoms. The van der Waals surface area contributed by atoms with E-state index in [0.717, 1.165) is 30.1 Å². The van der Waals surface area contributed by atoms with Crippen LogP contribution in [0.15, 0.2) is 54.7 Å². The van der Waals surface area contributed by atoms with Gasteiger partial charge >= 0.3 is 0 Å². The molecule has 2 aromatic heterocycles. The van der Waals surface area contributed by atoms with E-state index in [1.807, 2.05) is 12.1 Å². The molecular formula is C22H25ClN4O. The number of phenolic OH excluding ortho intramolecular Hbond substituents is 1. The average Bonchev–Trinajstić information content (AvgIpc) is 3.26. The van der Waals surface area contributed by atoms with Gasteiger partial charge < -0.3 is 14.6 Å². The Labute approximate surface area is 170 Å². The summed E-state index contributed by atoms with van der Waals surface area (Å²) in [6, 6.07) is 15.8. The van der Waals surface area contributed by atoms with E-state index in [2.05, 4.69) is 44.3 Å². The zero-order valence-electron chi connectivity index (χ0n) is 15.8. The number of imidazole rings is 2. The van der Waals surface area contributed by atoms with Gasteiger partial charge in [-0.15, -0.1) is 12.4 Å². The summed E-state index contributed by atoms with van der Waals surface area (Å²) in [7, 11) is 0. The van der Waals surface area contributed by atoms with Crippen LogP contribution in [0.4, 0.5) is 0 Å². The van der Waals surface area contributed by atoms with Crippen molar-refractivity contribution in [3.63, 3.8) is 0 Å². The first-order valence-corrected chi connectivity index (χ1v) is 9.78. The summed E-state index contributed by atoms with van der Waals surface area (Å²) in [6.45, 7) is 4.43. The number of halogens is 1. The van der Waals surface area contributed by atoms with Crippen LogP contribution in [0.1, 0.15) is 19.3 Å². The third-order valence-electron chi connectivity index (χ3n) is 5.61. The SMILES string of the molecule is Cl.Oc1ccc(-c2cn3c4ccccc4n(CCN4CCCCC4)c3n2)cc1. The molecule has 0 saturated carbocycles. The van der Waals surface area contributed by atoms with Gasteiger partial charge in [0.25, 0.3) is 0 Å². The Morgan fingerprint density at radius 1 is 0.857 bits per heavy atom. The van der Waals surface area contributed by atoms with E-state index in [1.165, 1.54) is 43.4 Å². The summed E-state index contributed by atoms with van der Waals surface area (Å²) in [5.74, 6) is 1.26. The standard InChI is InChI=1S/C22H24N4O.ClH/c27-18-10-8-17(9-11-18)19-16-26-21-7-3-2-6-20(21)25(22(26)23-19)15-14-24-12-4-1-5-13-24;/h2-3,6-11,16,27H,1,4-5,12-15H2;1H. The lowest BCUT2D eigenvalue weighted by molar-refractivity contribution is 0.222. The van der Waals surface area contributed by atoms with Crippen LogP contribution >= 0.6 is 12.4 Å². The minimum Gasteiger partial charge on any atom is -0.508 e. The maximum atomic E-state index is 9.55. The van der Waals surface area contributed by atoms with Gasteiger partial charge in [-0.05, 0) is 62.3 Å². The Kier molecular flexibility index (Phi) is 5.29. The molecule has 0 unspecified atom stereocenters. The molecule has 5 nitrogen and oxygen atoms in total. The average molecular weight is 397 g/mol. The minimum atomic E-state index is 0. The summed E-state index contributed by atoms with van der Waals surface area (Å²) >= 11 is 0. The van der Waals surface area contributed by atoms with Gasteiger partial charge in [-0.25, -0.2) is 4.98 Å². The highest BCUT2D eigenvalue weighted by Gasteiger charge is 2.16. The normalized spacial score (nSPS) is 15.1. The van der Waals surface area contributed by atoms with Gasteiger partial charge in [-0.3, -0.25) is 4.40 Å². The summed E-state index contributed by atoms with van der Waals surface area (Å²) < 4.78 is 4.53. The third kappa shape index (κ3) is 3.36.